The molecule has 0 saturated carbocycles. The van der Waals surface area contributed by atoms with Crippen LogP contribution in [0.1, 0.15) is 19.3 Å². The van der Waals surface area contributed by atoms with Crippen LogP contribution in [0, 0.1) is 5.82 Å². The Hall–Kier alpha value is -2.70. The topological polar surface area (TPSA) is 70.2 Å². The maximum absolute atomic E-state index is 13.1. The number of hydrogen-bond donors (Lipinski definition) is 2. The Morgan fingerprint density at radius 1 is 1.09 bits per heavy atom. The highest BCUT2D eigenvalue weighted by Crippen LogP contribution is 2.19. The largest absolute Gasteiger partial charge is 0.356 e. The van der Waals surface area contributed by atoms with Crippen LogP contribution in [0.5, 0.6) is 0 Å². The molecule has 23 heavy (non-hydrogen) atoms. The van der Waals surface area contributed by atoms with Crippen molar-refractivity contribution in [3.8, 4) is 0 Å². The summed E-state index contributed by atoms with van der Waals surface area (Å²) in [5, 5.41) is 5.21. The molecule has 0 aliphatic carbocycles. The van der Waals surface area contributed by atoms with E-state index in [0.29, 0.717) is 11.5 Å². The third-order valence-electron chi connectivity index (χ3n) is 3.66. The molecular formula is C16H18FN5O. The number of piperidine rings is 1. The second-order valence-corrected chi connectivity index (χ2v) is 5.40. The predicted molar refractivity (Wildman–Crippen MR) is 87.1 cm³/mol. The highest BCUT2D eigenvalue weighted by molar-refractivity contribution is 5.99. The van der Waals surface area contributed by atoms with Crippen LogP contribution in [-0.4, -0.2) is 29.1 Å². The fraction of sp³-hybridized carbons (Fsp3) is 0.312. The van der Waals surface area contributed by atoms with Gasteiger partial charge in [-0.25, -0.2) is 19.2 Å². The number of aromatic nitrogens is 2. The van der Waals surface area contributed by atoms with Crippen molar-refractivity contribution in [1.29, 1.82) is 0 Å². The molecule has 3 rings (SSSR count). The van der Waals surface area contributed by atoms with Gasteiger partial charge in [-0.3, -0.25) is 5.32 Å². The fourth-order valence-electron chi connectivity index (χ4n) is 2.56. The van der Waals surface area contributed by atoms with Crippen molar-refractivity contribution in [1.82, 2.24) is 9.97 Å². The maximum Gasteiger partial charge on any atom is 0.324 e. The summed E-state index contributed by atoms with van der Waals surface area (Å²) in [6.45, 7) is 1.93. The Bertz CT molecular complexity index is 688. The smallest absolute Gasteiger partial charge is 0.324 e. The van der Waals surface area contributed by atoms with Gasteiger partial charge in [0.15, 0.2) is 0 Å². The van der Waals surface area contributed by atoms with E-state index in [1.165, 1.54) is 30.9 Å². The summed E-state index contributed by atoms with van der Waals surface area (Å²) in [6.07, 6.45) is 4.96. The zero-order valence-electron chi connectivity index (χ0n) is 12.6. The molecule has 1 aromatic heterocycles. The molecule has 1 saturated heterocycles. The van der Waals surface area contributed by atoms with Crippen LogP contribution in [0.15, 0.2) is 36.7 Å². The molecule has 0 radical (unpaired) electrons. The van der Waals surface area contributed by atoms with Gasteiger partial charge in [-0.2, -0.15) is 0 Å². The molecule has 2 N–H and O–H groups in total. The van der Waals surface area contributed by atoms with E-state index in [2.05, 4.69) is 25.5 Å². The molecule has 7 heteroatoms. The lowest BCUT2D eigenvalue weighted by atomic mass is 10.1. The Labute approximate surface area is 133 Å². The summed E-state index contributed by atoms with van der Waals surface area (Å²) in [4.78, 5) is 22.5. The third kappa shape index (κ3) is 4.15. The Morgan fingerprint density at radius 3 is 2.70 bits per heavy atom. The minimum Gasteiger partial charge on any atom is -0.356 e. The number of amides is 2. The second kappa shape index (κ2) is 7.04. The maximum atomic E-state index is 13.1. The second-order valence-electron chi connectivity index (χ2n) is 5.40. The molecule has 6 nitrogen and oxygen atoms in total. The summed E-state index contributed by atoms with van der Waals surface area (Å²) < 4.78 is 13.1. The lowest BCUT2D eigenvalue weighted by Crippen LogP contribution is -2.30. The average Bonchev–Trinajstić information content (AvgIpc) is 2.56. The van der Waals surface area contributed by atoms with Gasteiger partial charge in [0.2, 0.25) is 0 Å². The van der Waals surface area contributed by atoms with E-state index in [-0.39, 0.29) is 0 Å². The van der Waals surface area contributed by atoms with Crippen LogP contribution >= 0.6 is 0 Å². The highest BCUT2D eigenvalue weighted by atomic mass is 19.1. The number of carbonyl (C=O) groups is 1. The monoisotopic (exact) mass is 315 g/mol. The molecule has 2 aromatic rings. The average molecular weight is 315 g/mol. The van der Waals surface area contributed by atoms with Gasteiger partial charge in [0, 0.05) is 24.8 Å². The van der Waals surface area contributed by atoms with Crippen LogP contribution in [-0.2, 0) is 0 Å². The summed E-state index contributed by atoms with van der Waals surface area (Å²) in [5.41, 5.74) is 0.382. The van der Waals surface area contributed by atoms with E-state index in [0.717, 1.165) is 31.7 Å². The van der Waals surface area contributed by atoms with Gasteiger partial charge in [0.25, 0.3) is 0 Å². The molecule has 1 aliphatic heterocycles. The molecule has 1 aliphatic rings. The summed E-state index contributed by atoms with van der Waals surface area (Å²) in [7, 11) is 0. The van der Waals surface area contributed by atoms with Crippen molar-refractivity contribution in [3.63, 3.8) is 0 Å². The SMILES string of the molecule is O=C(Nc1cccc(F)c1)Nc1cc(N2CCCCC2)ncn1. The zero-order chi connectivity index (χ0) is 16.1. The van der Waals surface area contributed by atoms with Crippen LogP contribution in [0.3, 0.4) is 0 Å². The summed E-state index contributed by atoms with van der Waals surface area (Å²) >= 11 is 0. The number of rotatable bonds is 3. The molecule has 1 aromatic carbocycles. The van der Waals surface area contributed by atoms with Crippen LogP contribution in [0.4, 0.5) is 26.5 Å². The fourth-order valence-corrected chi connectivity index (χ4v) is 2.56. The number of carbonyl (C=O) groups excluding carboxylic acids is 1. The van der Waals surface area contributed by atoms with E-state index >= 15 is 0 Å². The minimum atomic E-state index is -0.473. The van der Waals surface area contributed by atoms with Crippen LogP contribution < -0.4 is 15.5 Å². The third-order valence-corrected chi connectivity index (χ3v) is 3.66. The lowest BCUT2D eigenvalue weighted by molar-refractivity contribution is 0.262. The van der Waals surface area contributed by atoms with Gasteiger partial charge >= 0.3 is 6.03 Å². The van der Waals surface area contributed by atoms with Crippen LogP contribution in [0.25, 0.3) is 0 Å². The van der Waals surface area contributed by atoms with Crippen molar-refractivity contribution in [3.05, 3.63) is 42.5 Å². The summed E-state index contributed by atoms with van der Waals surface area (Å²) in [5.74, 6) is 0.812. The number of urea groups is 1. The Balaban J connectivity index is 1.64. The van der Waals surface area contributed by atoms with Gasteiger partial charge in [0.05, 0.1) is 0 Å². The van der Waals surface area contributed by atoms with E-state index in [4.69, 9.17) is 0 Å². The van der Waals surface area contributed by atoms with Crippen molar-refractivity contribution in [2.45, 2.75) is 19.3 Å². The first-order chi connectivity index (χ1) is 11.2. The Kier molecular flexibility index (Phi) is 4.65. The predicted octanol–water partition coefficient (Wildman–Crippen LogP) is 3.25. The number of nitrogens with zero attached hydrogens (tertiary/aromatic N) is 3. The molecule has 2 amide bonds. The van der Waals surface area contributed by atoms with E-state index < -0.39 is 11.8 Å². The summed E-state index contributed by atoms with van der Waals surface area (Å²) in [6, 6.07) is 6.98. The van der Waals surface area contributed by atoms with Gasteiger partial charge in [-0.05, 0) is 37.5 Å². The first kappa shape index (κ1) is 15.2. The first-order valence-electron chi connectivity index (χ1n) is 7.61. The number of benzene rings is 1. The standard InChI is InChI=1S/C16H18FN5O/c17-12-5-4-6-13(9-12)20-16(23)21-14-10-15(19-11-18-14)22-7-2-1-3-8-22/h4-6,9-11H,1-3,7-8H2,(H2,18,19,20,21,23). The molecule has 2 heterocycles. The molecule has 0 atom stereocenters. The number of hydrogen-bond acceptors (Lipinski definition) is 4. The number of nitrogens with one attached hydrogen (secondary N) is 2. The van der Waals surface area contributed by atoms with E-state index in [1.54, 1.807) is 12.1 Å². The molecule has 0 bridgehead atoms. The van der Waals surface area contributed by atoms with Crippen LogP contribution in [0.2, 0.25) is 0 Å². The van der Waals surface area contributed by atoms with Crippen molar-refractivity contribution in [2.24, 2.45) is 0 Å². The minimum absolute atomic E-state index is 0.382. The van der Waals surface area contributed by atoms with Gasteiger partial charge in [0.1, 0.15) is 23.8 Å². The highest BCUT2D eigenvalue weighted by Gasteiger charge is 2.13. The quantitative estimate of drug-likeness (QED) is 0.912. The molecular weight excluding hydrogens is 297 g/mol. The van der Waals surface area contributed by atoms with E-state index in [1.807, 2.05) is 0 Å². The molecule has 120 valence electrons. The molecule has 1 fully saturated rings. The van der Waals surface area contributed by atoms with Crippen molar-refractivity contribution in [2.75, 3.05) is 28.6 Å². The van der Waals surface area contributed by atoms with Crippen molar-refractivity contribution < 1.29 is 9.18 Å². The van der Waals surface area contributed by atoms with Gasteiger partial charge in [-0.15, -0.1) is 0 Å². The number of halogens is 1. The lowest BCUT2D eigenvalue weighted by Gasteiger charge is -2.27. The normalized spacial score (nSPS) is 14.4. The Morgan fingerprint density at radius 2 is 1.91 bits per heavy atom. The van der Waals surface area contributed by atoms with Crippen molar-refractivity contribution >= 4 is 23.4 Å². The number of anilines is 3. The first-order valence-corrected chi connectivity index (χ1v) is 7.61. The van der Waals surface area contributed by atoms with Gasteiger partial charge < -0.3 is 10.2 Å². The van der Waals surface area contributed by atoms with Gasteiger partial charge in [-0.1, -0.05) is 6.07 Å². The zero-order valence-corrected chi connectivity index (χ0v) is 12.6. The molecule has 0 spiro atoms. The molecule has 0 unspecified atom stereocenters. The van der Waals surface area contributed by atoms with E-state index in [9.17, 15) is 9.18 Å².